The molecule has 144 valence electrons. The first kappa shape index (κ1) is 19.2. The Morgan fingerprint density at radius 2 is 1.82 bits per heavy atom. The molecule has 0 saturated carbocycles. The third kappa shape index (κ3) is 5.01. The summed E-state index contributed by atoms with van der Waals surface area (Å²) < 4.78 is 11.2. The molecule has 6 nitrogen and oxygen atoms in total. The lowest BCUT2D eigenvalue weighted by Gasteiger charge is -2.10. The number of pyridine rings is 1. The number of hydrogen-bond acceptors (Lipinski definition) is 5. The molecule has 0 bridgehead atoms. The molecule has 1 amide bonds. The number of phenols is 1. The molecular weight excluding hydrogens is 356 g/mol. The highest BCUT2D eigenvalue weighted by Crippen LogP contribution is 2.23. The second-order valence-corrected chi connectivity index (χ2v) is 6.21. The maximum Gasteiger partial charge on any atom is 0.255 e. The van der Waals surface area contributed by atoms with Crippen molar-refractivity contribution < 1.29 is 19.4 Å². The van der Waals surface area contributed by atoms with Crippen molar-refractivity contribution in [2.45, 2.75) is 20.4 Å². The molecule has 0 radical (unpaired) electrons. The topological polar surface area (TPSA) is 80.7 Å². The van der Waals surface area contributed by atoms with Gasteiger partial charge in [0.15, 0.2) is 0 Å². The lowest BCUT2D eigenvalue weighted by molar-refractivity contribution is 0.0948. The lowest BCUT2D eigenvalue weighted by atomic mass is 10.1. The van der Waals surface area contributed by atoms with Crippen LogP contribution in [0.4, 0.5) is 0 Å². The molecule has 2 aromatic carbocycles. The minimum Gasteiger partial charge on any atom is -0.507 e. The van der Waals surface area contributed by atoms with Crippen molar-refractivity contribution in [3.63, 3.8) is 0 Å². The molecule has 0 fully saturated rings. The molecule has 1 aromatic heterocycles. The average molecular weight is 378 g/mol. The zero-order chi connectivity index (χ0) is 19.9. The predicted molar refractivity (Wildman–Crippen MR) is 106 cm³/mol. The van der Waals surface area contributed by atoms with Gasteiger partial charge in [0.1, 0.15) is 17.2 Å². The van der Waals surface area contributed by atoms with Crippen LogP contribution in [0.15, 0.2) is 60.8 Å². The Morgan fingerprint density at radius 1 is 1.07 bits per heavy atom. The molecule has 1 heterocycles. The largest absolute Gasteiger partial charge is 0.507 e. The zero-order valence-electron chi connectivity index (χ0n) is 15.8. The minimum absolute atomic E-state index is 0.0441. The molecular formula is C22H22N2O4. The number of nitrogens with one attached hydrogen (secondary N) is 1. The summed E-state index contributed by atoms with van der Waals surface area (Å²) in [5.74, 6) is 1.46. The zero-order valence-corrected chi connectivity index (χ0v) is 15.8. The highest BCUT2D eigenvalue weighted by atomic mass is 16.5. The van der Waals surface area contributed by atoms with Gasteiger partial charge in [-0.15, -0.1) is 0 Å². The van der Waals surface area contributed by atoms with Gasteiger partial charge < -0.3 is 19.9 Å². The van der Waals surface area contributed by atoms with Crippen LogP contribution in [0, 0.1) is 6.92 Å². The summed E-state index contributed by atoms with van der Waals surface area (Å²) in [5, 5.41) is 12.7. The quantitative estimate of drug-likeness (QED) is 0.643. The summed E-state index contributed by atoms with van der Waals surface area (Å²) >= 11 is 0. The number of benzene rings is 2. The normalized spacial score (nSPS) is 10.4. The molecule has 6 heteroatoms. The van der Waals surface area contributed by atoms with Crippen LogP contribution >= 0.6 is 0 Å². The molecule has 0 aliphatic carbocycles. The maximum absolute atomic E-state index is 12.3. The number of nitrogens with zero attached hydrogens (tertiary/aromatic N) is 1. The van der Waals surface area contributed by atoms with Crippen molar-refractivity contribution in [2.75, 3.05) is 6.61 Å². The lowest BCUT2D eigenvalue weighted by Crippen LogP contribution is -2.23. The average Bonchev–Trinajstić information content (AvgIpc) is 2.70. The van der Waals surface area contributed by atoms with E-state index >= 15 is 0 Å². The molecule has 0 spiro atoms. The number of amides is 1. The monoisotopic (exact) mass is 378 g/mol. The highest BCUT2D eigenvalue weighted by Gasteiger charge is 2.11. The van der Waals surface area contributed by atoms with Crippen molar-refractivity contribution in [3.8, 4) is 23.1 Å². The summed E-state index contributed by atoms with van der Waals surface area (Å²) in [6.45, 7) is 4.69. The fourth-order valence-electron chi connectivity index (χ4n) is 2.62. The van der Waals surface area contributed by atoms with Gasteiger partial charge in [0.25, 0.3) is 5.91 Å². The fourth-order valence-corrected chi connectivity index (χ4v) is 2.62. The Kier molecular flexibility index (Phi) is 6.11. The van der Waals surface area contributed by atoms with Crippen LogP contribution in [0.5, 0.6) is 23.1 Å². The van der Waals surface area contributed by atoms with Gasteiger partial charge in [-0.1, -0.05) is 11.6 Å². The molecule has 28 heavy (non-hydrogen) atoms. The summed E-state index contributed by atoms with van der Waals surface area (Å²) in [4.78, 5) is 16.5. The van der Waals surface area contributed by atoms with Crippen molar-refractivity contribution >= 4 is 5.91 Å². The second-order valence-electron chi connectivity index (χ2n) is 6.21. The first-order valence-electron chi connectivity index (χ1n) is 8.98. The molecule has 3 rings (SSSR count). The summed E-state index contributed by atoms with van der Waals surface area (Å²) in [5.41, 5.74) is 1.98. The van der Waals surface area contributed by atoms with Gasteiger partial charge in [0.2, 0.25) is 5.88 Å². The Balaban J connectivity index is 1.63. The SMILES string of the molecule is CCOc1ccc(Oc2cc(CNC(=O)c3cc(C)ccc3O)ccn2)cc1. The van der Waals surface area contributed by atoms with E-state index in [0.717, 1.165) is 16.9 Å². The molecule has 0 aliphatic heterocycles. The van der Waals surface area contributed by atoms with Gasteiger partial charge in [-0.2, -0.15) is 0 Å². The van der Waals surface area contributed by atoms with Crippen LogP contribution in [0.2, 0.25) is 0 Å². The smallest absolute Gasteiger partial charge is 0.255 e. The molecule has 2 N–H and O–H groups in total. The summed E-state index contributed by atoms with van der Waals surface area (Å²) in [7, 11) is 0. The summed E-state index contributed by atoms with van der Waals surface area (Å²) in [6, 6.07) is 15.7. The number of ether oxygens (including phenoxy) is 2. The van der Waals surface area contributed by atoms with Crippen LogP contribution < -0.4 is 14.8 Å². The van der Waals surface area contributed by atoms with E-state index in [1.807, 2.05) is 38.1 Å². The van der Waals surface area contributed by atoms with E-state index in [1.54, 1.807) is 30.5 Å². The van der Waals surface area contributed by atoms with Crippen LogP contribution in [0.1, 0.15) is 28.4 Å². The van der Waals surface area contributed by atoms with Crippen LogP contribution in [0.25, 0.3) is 0 Å². The van der Waals surface area contributed by atoms with E-state index in [2.05, 4.69) is 10.3 Å². The number of carbonyl (C=O) groups is 1. The van der Waals surface area contributed by atoms with Crippen molar-refractivity contribution in [3.05, 3.63) is 77.5 Å². The molecule has 0 aliphatic rings. The number of carbonyl (C=O) groups excluding carboxylic acids is 1. The van der Waals surface area contributed by atoms with E-state index in [0.29, 0.717) is 18.2 Å². The molecule has 0 saturated heterocycles. The summed E-state index contributed by atoms with van der Waals surface area (Å²) in [6.07, 6.45) is 1.62. The maximum atomic E-state index is 12.3. The third-order valence-corrected chi connectivity index (χ3v) is 4.01. The Bertz CT molecular complexity index is 955. The van der Waals surface area contributed by atoms with E-state index in [4.69, 9.17) is 9.47 Å². The van der Waals surface area contributed by atoms with Crippen molar-refractivity contribution in [1.29, 1.82) is 0 Å². The first-order valence-corrected chi connectivity index (χ1v) is 8.98. The number of aromatic hydroxyl groups is 1. The Labute approximate surface area is 163 Å². The van der Waals surface area contributed by atoms with Gasteiger partial charge in [-0.25, -0.2) is 4.98 Å². The van der Waals surface area contributed by atoms with E-state index in [1.165, 1.54) is 6.07 Å². The van der Waals surface area contributed by atoms with Crippen LogP contribution in [0.3, 0.4) is 0 Å². The number of aryl methyl sites for hydroxylation is 1. The number of rotatable bonds is 7. The number of aromatic nitrogens is 1. The van der Waals surface area contributed by atoms with Gasteiger partial charge in [-0.05, 0) is 61.9 Å². The fraction of sp³-hybridized carbons (Fsp3) is 0.182. The van der Waals surface area contributed by atoms with Gasteiger partial charge in [-0.3, -0.25) is 4.79 Å². The molecule has 3 aromatic rings. The van der Waals surface area contributed by atoms with Crippen LogP contribution in [-0.2, 0) is 6.54 Å². The Morgan fingerprint density at radius 3 is 2.57 bits per heavy atom. The van der Waals surface area contributed by atoms with E-state index < -0.39 is 0 Å². The van der Waals surface area contributed by atoms with Gasteiger partial charge in [0, 0.05) is 18.8 Å². The number of phenolic OH excluding ortho intramolecular Hbond substituents is 1. The first-order chi connectivity index (χ1) is 13.5. The number of hydrogen-bond donors (Lipinski definition) is 2. The molecule has 0 unspecified atom stereocenters. The van der Waals surface area contributed by atoms with E-state index in [9.17, 15) is 9.90 Å². The third-order valence-electron chi connectivity index (χ3n) is 4.01. The highest BCUT2D eigenvalue weighted by molar-refractivity contribution is 5.96. The van der Waals surface area contributed by atoms with Crippen molar-refractivity contribution in [1.82, 2.24) is 10.3 Å². The van der Waals surface area contributed by atoms with Crippen molar-refractivity contribution in [2.24, 2.45) is 0 Å². The standard InChI is InChI=1S/C22H22N2O4/c1-3-27-17-5-7-18(8-6-17)28-21-13-16(10-11-23-21)14-24-22(26)19-12-15(2)4-9-20(19)25/h4-13,25H,3,14H2,1-2H3,(H,24,26). The Hall–Kier alpha value is -3.54. The minimum atomic E-state index is -0.341. The van der Waals surface area contributed by atoms with E-state index in [-0.39, 0.29) is 23.8 Å². The van der Waals surface area contributed by atoms with Gasteiger partial charge >= 0.3 is 0 Å². The van der Waals surface area contributed by atoms with Gasteiger partial charge in [0.05, 0.1) is 12.2 Å². The molecule has 0 atom stereocenters. The van der Waals surface area contributed by atoms with Crippen LogP contribution in [-0.4, -0.2) is 22.6 Å². The predicted octanol–water partition coefficient (Wildman–Crippen LogP) is 4.22. The second kappa shape index (κ2) is 8.90.